The average Bonchev–Trinajstić information content (AvgIpc) is 2.55. The summed E-state index contributed by atoms with van der Waals surface area (Å²) in [7, 11) is 0. The summed E-state index contributed by atoms with van der Waals surface area (Å²) in [6.07, 6.45) is 4.04. The fraction of sp³-hybridized carbons (Fsp3) is 0.526. The maximum Gasteiger partial charge on any atom is 0.189 e. The van der Waals surface area contributed by atoms with E-state index in [9.17, 15) is 4.79 Å². The van der Waals surface area contributed by atoms with Crippen LogP contribution in [0.4, 0.5) is 0 Å². The Balaban J connectivity index is 1.53. The Labute approximate surface area is 137 Å². The van der Waals surface area contributed by atoms with E-state index in [-0.39, 0.29) is 5.43 Å². The molecule has 2 aromatic rings. The van der Waals surface area contributed by atoms with Crippen LogP contribution in [0.1, 0.15) is 30.5 Å². The van der Waals surface area contributed by atoms with Crippen molar-refractivity contribution in [3.05, 3.63) is 45.7 Å². The van der Waals surface area contributed by atoms with E-state index in [1.54, 1.807) is 6.07 Å². The lowest BCUT2D eigenvalue weighted by molar-refractivity contribution is 0.0451. The van der Waals surface area contributed by atoms with Gasteiger partial charge in [0, 0.05) is 54.9 Å². The summed E-state index contributed by atoms with van der Waals surface area (Å²) in [5.41, 5.74) is 3.25. The van der Waals surface area contributed by atoms with Crippen molar-refractivity contribution in [2.24, 2.45) is 0 Å². The van der Waals surface area contributed by atoms with Crippen LogP contribution in [0.15, 0.2) is 29.1 Å². The van der Waals surface area contributed by atoms with Gasteiger partial charge in [0.1, 0.15) is 0 Å². The Morgan fingerprint density at radius 2 is 2.09 bits per heavy atom. The van der Waals surface area contributed by atoms with Gasteiger partial charge in [0.15, 0.2) is 5.43 Å². The molecule has 0 amide bonds. The van der Waals surface area contributed by atoms with E-state index in [4.69, 9.17) is 0 Å². The summed E-state index contributed by atoms with van der Waals surface area (Å²) in [4.78, 5) is 21.0. The number of nitrogens with zero attached hydrogens (tertiary/aromatic N) is 2. The summed E-state index contributed by atoms with van der Waals surface area (Å²) in [5, 5.41) is 0.797. The highest BCUT2D eigenvalue weighted by Crippen LogP contribution is 2.22. The van der Waals surface area contributed by atoms with Gasteiger partial charge in [-0.05, 0) is 38.4 Å². The predicted octanol–water partition coefficient (Wildman–Crippen LogP) is 2.51. The number of hydrogen-bond acceptors (Lipinski definition) is 3. The minimum atomic E-state index is 0.133. The minimum absolute atomic E-state index is 0.133. The number of piperidine rings is 1. The van der Waals surface area contributed by atoms with E-state index in [1.807, 2.05) is 19.1 Å². The predicted molar refractivity (Wildman–Crippen MR) is 93.8 cm³/mol. The van der Waals surface area contributed by atoms with Gasteiger partial charge in [0.2, 0.25) is 0 Å². The van der Waals surface area contributed by atoms with Crippen molar-refractivity contribution in [2.75, 3.05) is 26.2 Å². The van der Waals surface area contributed by atoms with Crippen molar-refractivity contribution in [2.45, 2.75) is 38.8 Å². The first-order valence-corrected chi connectivity index (χ1v) is 8.78. The summed E-state index contributed by atoms with van der Waals surface area (Å²) >= 11 is 0. The van der Waals surface area contributed by atoms with Crippen LogP contribution in [0.25, 0.3) is 10.9 Å². The lowest BCUT2D eigenvalue weighted by atomic mass is 9.99. The molecule has 1 unspecified atom stereocenters. The SMILES string of the molecule is Cc1ccc2[nH]c(CN3CCN4CCCCC4C3)cc(=O)c2c1. The number of H-pyrrole nitrogens is 1. The molecular formula is C19H25N3O. The Bertz CT molecular complexity index is 767. The van der Waals surface area contributed by atoms with Gasteiger partial charge in [-0.15, -0.1) is 0 Å². The highest BCUT2D eigenvalue weighted by Gasteiger charge is 2.28. The van der Waals surface area contributed by atoms with Gasteiger partial charge in [0.25, 0.3) is 0 Å². The lowest BCUT2D eigenvalue weighted by Gasteiger charge is -2.44. The molecule has 0 saturated carbocycles. The van der Waals surface area contributed by atoms with Crippen LogP contribution in [0.5, 0.6) is 0 Å². The van der Waals surface area contributed by atoms with Crippen molar-refractivity contribution in [1.82, 2.24) is 14.8 Å². The van der Waals surface area contributed by atoms with Crippen LogP contribution in [0.3, 0.4) is 0 Å². The summed E-state index contributed by atoms with van der Waals surface area (Å²) in [6, 6.07) is 8.55. The monoisotopic (exact) mass is 311 g/mol. The van der Waals surface area contributed by atoms with Crippen molar-refractivity contribution in [1.29, 1.82) is 0 Å². The molecule has 23 heavy (non-hydrogen) atoms. The summed E-state index contributed by atoms with van der Waals surface area (Å²) in [6.45, 7) is 7.55. The van der Waals surface area contributed by atoms with Crippen molar-refractivity contribution in [3.63, 3.8) is 0 Å². The number of hydrogen-bond donors (Lipinski definition) is 1. The largest absolute Gasteiger partial charge is 0.357 e. The maximum atomic E-state index is 12.4. The third-order valence-electron chi connectivity index (χ3n) is 5.36. The molecule has 1 atom stereocenters. The van der Waals surface area contributed by atoms with Crippen LogP contribution in [-0.2, 0) is 6.54 Å². The minimum Gasteiger partial charge on any atom is -0.357 e. The van der Waals surface area contributed by atoms with Gasteiger partial charge in [-0.1, -0.05) is 18.1 Å². The molecule has 3 heterocycles. The van der Waals surface area contributed by atoms with E-state index in [0.29, 0.717) is 6.04 Å². The normalized spacial score (nSPS) is 23.1. The molecule has 0 bridgehead atoms. The maximum absolute atomic E-state index is 12.4. The first-order valence-electron chi connectivity index (χ1n) is 8.78. The number of benzene rings is 1. The highest BCUT2D eigenvalue weighted by atomic mass is 16.1. The van der Waals surface area contributed by atoms with E-state index in [0.717, 1.165) is 41.8 Å². The molecule has 0 radical (unpaired) electrons. The molecule has 4 rings (SSSR count). The standard InChI is InChI=1S/C19H25N3O/c1-14-5-6-18-17(10-14)19(23)11-15(20-18)12-21-8-9-22-7-3-2-4-16(22)13-21/h5-6,10-11,16H,2-4,7-9,12-13H2,1H3,(H,20,23). The summed E-state index contributed by atoms with van der Waals surface area (Å²) in [5.74, 6) is 0. The van der Waals surface area contributed by atoms with E-state index in [1.165, 1.54) is 32.4 Å². The van der Waals surface area contributed by atoms with Crippen LogP contribution >= 0.6 is 0 Å². The smallest absolute Gasteiger partial charge is 0.189 e. The van der Waals surface area contributed by atoms with Gasteiger partial charge in [-0.2, -0.15) is 0 Å². The number of aryl methyl sites for hydroxylation is 1. The fourth-order valence-electron chi connectivity index (χ4n) is 4.11. The first kappa shape index (κ1) is 14.9. The molecular weight excluding hydrogens is 286 g/mol. The topological polar surface area (TPSA) is 39.3 Å². The van der Waals surface area contributed by atoms with Gasteiger partial charge in [0.05, 0.1) is 0 Å². The van der Waals surface area contributed by atoms with Crippen LogP contribution in [0, 0.1) is 6.92 Å². The molecule has 4 nitrogen and oxygen atoms in total. The number of aromatic nitrogens is 1. The third kappa shape index (κ3) is 3.06. The Morgan fingerprint density at radius 3 is 3.00 bits per heavy atom. The molecule has 1 aromatic carbocycles. The quantitative estimate of drug-likeness (QED) is 0.926. The zero-order valence-electron chi connectivity index (χ0n) is 13.8. The van der Waals surface area contributed by atoms with E-state index in [2.05, 4.69) is 20.9 Å². The van der Waals surface area contributed by atoms with Gasteiger partial charge >= 0.3 is 0 Å². The van der Waals surface area contributed by atoms with Gasteiger partial charge in [-0.3, -0.25) is 14.6 Å². The molecule has 2 aliphatic rings. The molecule has 0 spiro atoms. The number of pyridine rings is 1. The number of fused-ring (bicyclic) bond motifs is 2. The Kier molecular flexibility index (Phi) is 3.95. The second kappa shape index (κ2) is 6.10. The molecule has 1 N–H and O–H groups in total. The molecule has 4 heteroatoms. The number of nitrogens with one attached hydrogen (secondary N) is 1. The molecule has 2 aliphatic heterocycles. The number of rotatable bonds is 2. The average molecular weight is 311 g/mol. The van der Waals surface area contributed by atoms with Crippen molar-refractivity contribution >= 4 is 10.9 Å². The second-order valence-electron chi connectivity index (χ2n) is 7.13. The molecule has 122 valence electrons. The van der Waals surface area contributed by atoms with Crippen molar-refractivity contribution in [3.8, 4) is 0 Å². The summed E-state index contributed by atoms with van der Waals surface area (Å²) < 4.78 is 0. The third-order valence-corrected chi connectivity index (χ3v) is 5.36. The number of piperazine rings is 1. The second-order valence-corrected chi connectivity index (χ2v) is 7.13. The van der Waals surface area contributed by atoms with Gasteiger partial charge in [-0.25, -0.2) is 0 Å². The zero-order chi connectivity index (χ0) is 15.8. The molecule has 1 aromatic heterocycles. The van der Waals surface area contributed by atoms with E-state index < -0.39 is 0 Å². The van der Waals surface area contributed by atoms with E-state index >= 15 is 0 Å². The lowest BCUT2D eigenvalue weighted by Crippen LogP contribution is -2.54. The Hall–Kier alpha value is -1.65. The van der Waals surface area contributed by atoms with Crippen LogP contribution < -0.4 is 5.43 Å². The number of aromatic amines is 1. The molecule has 2 saturated heterocycles. The Morgan fingerprint density at radius 1 is 1.17 bits per heavy atom. The van der Waals surface area contributed by atoms with Crippen molar-refractivity contribution < 1.29 is 0 Å². The molecule has 2 fully saturated rings. The molecule has 0 aliphatic carbocycles. The van der Waals surface area contributed by atoms with Gasteiger partial charge < -0.3 is 4.98 Å². The fourth-order valence-corrected chi connectivity index (χ4v) is 4.11. The van der Waals surface area contributed by atoms with Crippen LogP contribution in [0.2, 0.25) is 0 Å². The zero-order valence-corrected chi connectivity index (χ0v) is 13.8. The highest BCUT2D eigenvalue weighted by molar-refractivity contribution is 5.79. The van der Waals surface area contributed by atoms with Crippen LogP contribution in [-0.4, -0.2) is 47.0 Å². The first-order chi connectivity index (χ1) is 11.2.